The molecule has 0 saturated heterocycles. The summed E-state index contributed by atoms with van der Waals surface area (Å²) in [6.07, 6.45) is 3.66. The Morgan fingerprint density at radius 2 is 1.13 bits per heavy atom. The summed E-state index contributed by atoms with van der Waals surface area (Å²) in [5, 5.41) is 6.87. The molecule has 0 aliphatic heterocycles. The Balaban J connectivity index is 1.10. The van der Waals surface area contributed by atoms with E-state index >= 15 is 0 Å². The first-order chi connectivity index (χ1) is 26.5. The van der Waals surface area contributed by atoms with Gasteiger partial charge in [0.1, 0.15) is 11.2 Å². The minimum absolute atomic E-state index is 0.0918. The number of pyridine rings is 1. The van der Waals surface area contributed by atoms with Crippen molar-refractivity contribution in [2.45, 2.75) is 19.3 Å². The monoisotopic (exact) mass is 692 g/mol. The van der Waals surface area contributed by atoms with Gasteiger partial charge in [-0.3, -0.25) is 4.98 Å². The van der Waals surface area contributed by atoms with Crippen molar-refractivity contribution in [3.05, 3.63) is 169 Å². The molecule has 5 nitrogen and oxygen atoms in total. The molecule has 54 heavy (non-hydrogen) atoms. The fraction of sp³-hybridized carbons (Fsp3) is 0.0612. The van der Waals surface area contributed by atoms with Crippen LogP contribution in [0.1, 0.15) is 25.0 Å². The first-order valence-corrected chi connectivity index (χ1v) is 18.3. The lowest BCUT2D eigenvalue weighted by molar-refractivity contribution is 0.661. The molecule has 0 N–H and O–H groups in total. The predicted molar refractivity (Wildman–Crippen MR) is 219 cm³/mol. The summed E-state index contributed by atoms with van der Waals surface area (Å²) in [4.78, 5) is 19.8. The van der Waals surface area contributed by atoms with Gasteiger partial charge in [-0.25, -0.2) is 15.0 Å². The van der Waals surface area contributed by atoms with Crippen LogP contribution in [0.5, 0.6) is 0 Å². The second-order valence-corrected chi connectivity index (χ2v) is 14.7. The van der Waals surface area contributed by atoms with Gasteiger partial charge in [0, 0.05) is 45.3 Å². The summed E-state index contributed by atoms with van der Waals surface area (Å²) in [7, 11) is 0. The Morgan fingerprint density at radius 3 is 2.00 bits per heavy atom. The zero-order valence-electron chi connectivity index (χ0n) is 29.7. The lowest BCUT2D eigenvalue weighted by Crippen LogP contribution is -2.14. The van der Waals surface area contributed by atoms with Gasteiger partial charge in [0.05, 0.1) is 0 Å². The summed E-state index contributed by atoms with van der Waals surface area (Å²) in [5.74, 6) is 1.81. The Labute approximate surface area is 311 Å². The molecule has 1 aliphatic rings. The van der Waals surface area contributed by atoms with Gasteiger partial charge < -0.3 is 4.42 Å². The van der Waals surface area contributed by atoms with Crippen molar-refractivity contribution in [2.75, 3.05) is 0 Å². The van der Waals surface area contributed by atoms with E-state index < -0.39 is 0 Å². The minimum Gasteiger partial charge on any atom is -0.456 e. The zero-order valence-corrected chi connectivity index (χ0v) is 29.7. The van der Waals surface area contributed by atoms with Crippen LogP contribution in [0.3, 0.4) is 0 Å². The van der Waals surface area contributed by atoms with Crippen LogP contribution in [-0.4, -0.2) is 19.9 Å². The standard InChI is InChI=1S/C49H32N4O/c1-49(2)42-14-5-3-10-36(42)41-25-31-20-22-35-34(40(31)27-43(41)49)12-7-13-39(35)48-52-46(30-18-16-29(17-19-30)33-9-8-24-50-28-33)51-47(53-48)32-21-23-38-37-11-4-6-15-44(37)54-45(38)26-32/h3-28H,1-2H3. The number of benzene rings is 7. The summed E-state index contributed by atoms with van der Waals surface area (Å²) in [6.45, 7) is 4.67. The largest absolute Gasteiger partial charge is 0.456 e. The molecule has 0 bridgehead atoms. The van der Waals surface area contributed by atoms with E-state index in [9.17, 15) is 0 Å². The zero-order chi connectivity index (χ0) is 36.0. The second-order valence-electron chi connectivity index (χ2n) is 14.7. The SMILES string of the molecule is CC1(C)c2ccccc2-c2cc3ccc4c(-c5nc(-c6ccc(-c7cccnc7)cc6)nc(-c6ccc7c(c6)oc6ccccc67)n5)cccc4c3cc21. The lowest BCUT2D eigenvalue weighted by atomic mass is 9.81. The van der Waals surface area contributed by atoms with E-state index in [2.05, 4.69) is 134 Å². The molecule has 0 radical (unpaired) electrons. The second kappa shape index (κ2) is 11.5. The van der Waals surface area contributed by atoms with Gasteiger partial charge in [0.2, 0.25) is 0 Å². The summed E-state index contributed by atoms with van der Waals surface area (Å²) in [5.41, 5.74) is 11.8. The van der Waals surface area contributed by atoms with Crippen molar-refractivity contribution in [1.82, 2.24) is 19.9 Å². The van der Waals surface area contributed by atoms with Crippen LogP contribution < -0.4 is 0 Å². The van der Waals surface area contributed by atoms with Gasteiger partial charge in [-0.2, -0.15) is 0 Å². The molecule has 0 saturated carbocycles. The lowest BCUT2D eigenvalue weighted by Gasteiger charge is -2.22. The van der Waals surface area contributed by atoms with Gasteiger partial charge in [-0.1, -0.05) is 123 Å². The third-order valence-electron chi connectivity index (χ3n) is 11.2. The number of rotatable bonds is 4. The maximum Gasteiger partial charge on any atom is 0.164 e. The van der Waals surface area contributed by atoms with E-state index in [4.69, 9.17) is 19.4 Å². The first kappa shape index (κ1) is 30.6. The molecule has 7 aromatic carbocycles. The van der Waals surface area contributed by atoms with E-state index in [0.717, 1.165) is 55.1 Å². The van der Waals surface area contributed by atoms with Gasteiger partial charge in [0.15, 0.2) is 17.5 Å². The van der Waals surface area contributed by atoms with Crippen LogP contribution in [0.25, 0.3) is 99.9 Å². The van der Waals surface area contributed by atoms with Crippen molar-refractivity contribution < 1.29 is 4.42 Å². The van der Waals surface area contributed by atoms with Crippen molar-refractivity contribution in [2.24, 2.45) is 0 Å². The molecule has 0 amide bonds. The quantitative estimate of drug-likeness (QED) is 0.172. The minimum atomic E-state index is -0.0918. The maximum absolute atomic E-state index is 6.29. The fourth-order valence-electron chi connectivity index (χ4n) is 8.45. The molecule has 0 fully saturated rings. The molecule has 3 heterocycles. The number of hydrogen-bond acceptors (Lipinski definition) is 5. The predicted octanol–water partition coefficient (Wildman–Crippen LogP) is 12.4. The van der Waals surface area contributed by atoms with Crippen LogP contribution in [0, 0.1) is 0 Å². The van der Waals surface area contributed by atoms with Crippen LogP contribution in [-0.2, 0) is 5.41 Å². The van der Waals surface area contributed by atoms with Gasteiger partial charge in [-0.15, -0.1) is 0 Å². The summed E-state index contributed by atoms with van der Waals surface area (Å²) >= 11 is 0. The van der Waals surface area contributed by atoms with Gasteiger partial charge in [-0.05, 0) is 91.3 Å². The van der Waals surface area contributed by atoms with Gasteiger partial charge in [0.25, 0.3) is 0 Å². The molecular formula is C49H32N4O. The van der Waals surface area contributed by atoms with E-state index in [1.807, 2.05) is 36.5 Å². The van der Waals surface area contributed by atoms with E-state index in [0.29, 0.717) is 17.5 Å². The highest BCUT2D eigenvalue weighted by molar-refractivity contribution is 6.13. The molecule has 0 atom stereocenters. The normalized spacial score (nSPS) is 13.1. The molecule has 10 aromatic rings. The van der Waals surface area contributed by atoms with Crippen molar-refractivity contribution in [1.29, 1.82) is 0 Å². The van der Waals surface area contributed by atoms with E-state index in [-0.39, 0.29) is 5.41 Å². The van der Waals surface area contributed by atoms with E-state index in [1.54, 1.807) is 6.20 Å². The molecule has 254 valence electrons. The molecule has 11 rings (SSSR count). The van der Waals surface area contributed by atoms with Crippen LogP contribution in [0.4, 0.5) is 0 Å². The van der Waals surface area contributed by atoms with Crippen LogP contribution >= 0.6 is 0 Å². The first-order valence-electron chi connectivity index (χ1n) is 18.3. The van der Waals surface area contributed by atoms with Gasteiger partial charge >= 0.3 is 0 Å². The Kier molecular flexibility index (Phi) is 6.53. The Hall–Kier alpha value is -6.98. The summed E-state index contributed by atoms with van der Waals surface area (Å²) < 4.78 is 6.29. The smallest absolute Gasteiger partial charge is 0.164 e. The molecule has 0 unspecified atom stereocenters. The number of aromatic nitrogens is 4. The molecule has 0 spiro atoms. The van der Waals surface area contributed by atoms with Crippen LogP contribution in [0.2, 0.25) is 0 Å². The average Bonchev–Trinajstić information content (AvgIpc) is 3.71. The maximum atomic E-state index is 6.29. The highest BCUT2D eigenvalue weighted by Gasteiger charge is 2.35. The highest BCUT2D eigenvalue weighted by atomic mass is 16.3. The summed E-state index contributed by atoms with van der Waals surface area (Å²) in [6, 6.07) is 51.2. The highest BCUT2D eigenvalue weighted by Crippen LogP contribution is 2.50. The van der Waals surface area contributed by atoms with Crippen molar-refractivity contribution in [3.8, 4) is 56.4 Å². The third kappa shape index (κ3) is 4.65. The number of hydrogen-bond donors (Lipinski definition) is 0. The Morgan fingerprint density at radius 1 is 0.426 bits per heavy atom. The molecule has 5 heteroatoms. The number of furan rings is 1. The third-order valence-corrected chi connectivity index (χ3v) is 11.2. The Bertz CT molecular complexity index is 3130. The fourth-order valence-corrected chi connectivity index (χ4v) is 8.45. The number of fused-ring (bicyclic) bond motifs is 9. The van der Waals surface area contributed by atoms with Crippen molar-refractivity contribution >= 4 is 43.5 Å². The molecule has 3 aromatic heterocycles. The number of para-hydroxylation sites is 1. The topological polar surface area (TPSA) is 64.7 Å². The average molecular weight is 693 g/mol. The number of nitrogens with zero attached hydrogens (tertiary/aromatic N) is 4. The van der Waals surface area contributed by atoms with Crippen LogP contribution in [0.15, 0.2) is 162 Å². The van der Waals surface area contributed by atoms with E-state index in [1.165, 1.54) is 38.4 Å². The molecule has 1 aliphatic carbocycles. The molecular weight excluding hydrogens is 661 g/mol. The van der Waals surface area contributed by atoms with Crippen molar-refractivity contribution in [3.63, 3.8) is 0 Å².